The van der Waals surface area contributed by atoms with Gasteiger partial charge in [-0.25, -0.2) is 0 Å². The Balaban J connectivity index is 1.03. The van der Waals surface area contributed by atoms with E-state index in [-0.39, 0.29) is 26.4 Å². The zero-order valence-corrected chi connectivity index (χ0v) is 32.5. The maximum atomic E-state index is 12.7. The third kappa shape index (κ3) is 8.98. The van der Waals surface area contributed by atoms with Crippen LogP contribution in [0.3, 0.4) is 0 Å². The second kappa shape index (κ2) is 18.7. The van der Waals surface area contributed by atoms with Crippen LogP contribution in [0, 0.1) is 23.7 Å². The number of ether oxygens (including phenoxy) is 4. The smallest absolute Gasteiger partial charge is 0.309 e. The number of rotatable bonds is 17. The quantitative estimate of drug-likeness (QED) is 0.0421. The molecule has 0 saturated carbocycles. The van der Waals surface area contributed by atoms with Gasteiger partial charge in [0.25, 0.3) is 0 Å². The number of carbonyl (C=O) groups is 2. The summed E-state index contributed by atoms with van der Waals surface area (Å²) in [5, 5.41) is 60.7. The van der Waals surface area contributed by atoms with Gasteiger partial charge in [-0.05, 0) is 83.3 Å². The summed E-state index contributed by atoms with van der Waals surface area (Å²) in [6.07, 6.45) is 3.44. The summed E-state index contributed by atoms with van der Waals surface area (Å²) in [5.41, 5.74) is 5.61. The van der Waals surface area contributed by atoms with Crippen molar-refractivity contribution in [3.63, 3.8) is 0 Å². The predicted octanol–water partition coefficient (Wildman–Crippen LogP) is 4.97. The van der Waals surface area contributed by atoms with Crippen LogP contribution in [0.15, 0.2) is 121 Å². The van der Waals surface area contributed by atoms with Gasteiger partial charge < -0.3 is 49.6 Å². The average Bonchev–Trinajstić information content (AvgIpc) is 3.57. The molecular formula is C47H50O12. The average molecular weight is 807 g/mol. The number of fused-ring (bicyclic) bond motifs is 3. The van der Waals surface area contributed by atoms with Crippen molar-refractivity contribution in [3.05, 3.63) is 144 Å². The summed E-state index contributed by atoms with van der Waals surface area (Å²) in [6.45, 7) is -0.775. The lowest BCUT2D eigenvalue weighted by molar-refractivity contribution is -0.175. The second-order valence-electron chi connectivity index (χ2n) is 15.4. The van der Waals surface area contributed by atoms with Gasteiger partial charge in [0.05, 0.1) is 23.9 Å². The molecule has 0 fully saturated rings. The predicted molar refractivity (Wildman–Crippen MR) is 216 cm³/mol. The number of benzene rings is 4. The molecule has 7 atom stereocenters. The van der Waals surface area contributed by atoms with Gasteiger partial charge in [0, 0.05) is 11.8 Å². The number of hydrogen-bond donors (Lipinski definition) is 6. The molecule has 0 radical (unpaired) electrons. The molecule has 7 unspecified atom stereocenters. The minimum Gasteiger partial charge on any atom is -0.491 e. The van der Waals surface area contributed by atoms with Gasteiger partial charge in [0.1, 0.15) is 43.5 Å². The third-order valence-electron chi connectivity index (χ3n) is 11.6. The summed E-state index contributed by atoms with van der Waals surface area (Å²) in [4.78, 5) is 24.3. The number of carbonyl (C=O) groups excluding carboxylic acids is 1. The van der Waals surface area contributed by atoms with E-state index in [1.165, 1.54) is 0 Å². The molecule has 0 aromatic heterocycles. The van der Waals surface area contributed by atoms with Crippen molar-refractivity contribution < 1.29 is 59.2 Å². The molecule has 59 heavy (non-hydrogen) atoms. The Morgan fingerprint density at radius 3 is 1.58 bits per heavy atom. The maximum Gasteiger partial charge on any atom is 0.309 e. The summed E-state index contributed by atoms with van der Waals surface area (Å²) < 4.78 is 22.7. The summed E-state index contributed by atoms with van der Waals surface area (Å²) >= 11 is 0. The van der Waals surface area contributed by atoms with Crippen molar-refractivity contribution in [3.8, 4) is 22.6 Å². The number of aliphatic carboxylic acids is 1. The molecule has 7 rings (SSSR count). The first kappa shape index (κ1) is 41.8. The Labute approximate surface area is 342 Å². The van der Waals surface area contributed by atoms with E-state index in [4.69, 9.17) is 18.9 Å². The van der Waals surface area contributed by atoms with Crippen LogP contribution in [0.5, 0.6) is 11.5 Å². The highest BCUT2D eigenvalue weighted by Gasteiger charge is 2.46. The Hall–Kier alpha value is -5.34. The van der Waals surface area contributed by atoms with Gasteiger partial charge in [0.15, 0.2) is 12.6 Å². The first-order valence-corrected chi connectivity index (χ1v) is 19.9. The summed E-state index contributed by atoms with van der Waals surface area (Å²) in [5.74, 6) is -3.31. The van der Waals surface area contributed by atoms with Crippen molar-refractivity contribution in [2.75, 3.05) is 26.4 Å². The topological polar surface area (TPSA) is 192 Å². The Morgan fingerprint density at radius 2 is 1.05 bits per heavy atom. The number of carboxylic acids is 1. The molecule has 3 aliphatic carbocycles. The molecule has 6 N–H and O–H groups in total. The Kier molecular flexibility index (Phi) is 13.3. The van der Waals surface area contributed by atoms with Crippen LogP contribution in [0.1, 0.15) is 47.9 Å². The number of aliphatic hydroxyl groups is 5. The van der Waals surface area contributed by atoms with E-state index in [1.54, 1.807) is 12.2 Å². The molecular weight excluding hydrogens is 757 g/mol. The van der Waals surface area contributed by atoms with Crippen LogP contribution in [-0.2, 0) is 24.5 Å². The third-order valence-corrected chi connectivity index (χ3v) is 11.6. The Bertz CT molecular complexity index is 2060. The van der Waals surface area contributed by atoms with E-state index in [0.717, 1.165) is 33.4 Å². The fraction of sp³-hybridized carbons (Fsp3) is 0.362. The number of hydrogen-bond acceptors (Lipinski definition) is 11. The number of allylic oxidation sites excluding steroid dienone is 4. The molecule has 3 aliphatic rings. The van der Waals surface area contributed by atoms with E-state index >= 15 is 0 Å². The maximum absolute atomic E-state index is 12.7. The lowest BCUT2D eigenvalue weighted by Crippen LogP contribution is -2.37. The lowest BCUT2D eigenvalue weighted by atomic mass is 9.68. The number of esters is 1. The second-order valence-corrected chi connectivity index (χ2v) is 15.4. The van der Waals surface area contributed by atoms with Crippen molar-refractivity contribution in [2.24, 2.45) is 23.7 Å². The van der Waals surface area contributed by atoms with E-state index < -0.39 is 65.8 Å². The molecule has 0 heterocycles. The van der Waals surface area contributed by atoms with Gasteiger partial charge in [0.2, 0.25) is 0 Å². The van der Waals surface area contributed by atoms with Crippen LogP contribution >= 0.6 is 0 Å². The summed E-state index contributed by atoms with van der Waals surface area (Å²) in [7, 11) is 0. The summed E-state index contributed by atoms with van der Waals surface area (Å²) in [6, 6.07) is 31.9. The molecule has 0 bridgehead atoms. The number of carboxylic acid groups (broad SMARTS) is 1. The van der Waals surface area contributed by atoms with Crippen LogP contribution in [0.25, 0.3) is 11.1 Å². The van der Waals surface area contributed by atoms with E-state index in [9.17, 15) is 40.2 Å². The zero-order chi connectivity index (χ0) is 41.5. The molecule has 0 spiro atoms. The van der Waals surface area contributed by atoms with Crippen LogP contribution in [0.2, 0.25) is 0 Å². The highest BCUT2D eigenvalue weighted by atomic mass is 16.6. The fourth-order valence-corrected chi connectivity index (χ4v) is 8.60. The van der Waals surface area contributed by atoms with Crippen LogP contribution in [-0.4, -0.2) is 93.8 Å². The first-order chi connectivity index (χ1) is 28.6. The molecule has 0 aliphatic heterocycles. The van der Waals surface area contributed by atoms with Gasteiger partial charge in [-0.2, -0.15) is 0 Å². The van der Waals surface area contributed by atoms with Crippen LogP contribution in [0.4, 0.5) is 0 Å². The SMILES string of the molecule is O=C(OCC(O)COc1ccc(C2(c3ccc(OCC(O)COC(O)C4CC=CCC4C(=O)O)cc3)c3ccccc3-c3ccccc32)cc1)C1CC=CCC1C(O)O. The van der Waals surface area contributed by atoms with Crippen LogP contribution < -0.4 is 9.47 Å². The van der Waals surface area contributed by atoms with Crippen molar-refractivity contribution in [1.29, 1.82) is 0 Å². The zero-order valence-electron chi connectivity index (χ0n) is 32.5. The highest BCUT2D eigenvalue weighted by Crippen LogP contribution is 2.56. The normalized spacial score (nSPS) is 21.9. The molecule has 12 heteroatoms. The van der Waals surface area contributed by atoms with E-state index in [0.29, 0.717) is 37.2 Å². The lowest BCUT2D eigenvalue weighted by Gasteiger charge is -2.34. The minimum absolute atomic E-state index is 0.110. The van der Waals surface area contributed by atoms with Gasteiger partial charge in [-0.3, -0.25) is 9.59 Å². The van der Waals surface area contributed by atoms with E-state index in [2.05, 4.69) is 24.3 Å². The van der Waals surface area contributed by atoms with Crippen molar-refractivity contribution >= 4 is 11.9 Å². The Morgan fingerprint density at radius 1 is 0.576 bits per heavy atom. The van der Waals surface area contributed by atoms with Crippen molar-refractivity contribution in [2.45, 2.75) is 55.9 Å². The highest BCUT2D eigenvalue weighted by molar-refractivity contribution is 5.86. The molecule has 0 saturated heterocycles. The fourth-order valence-electron chi connectivity index (χ4n) is 8.60. The van der Waals surface area contributed by atoms with Crippen molar-refractivity contribution in [1.82, 2.24) is 0 Å². The monoisotopic (exact) mass is 806 g/mol. The molecule has 310 valence electrons. The van der Waals surface area contributed by atoms with E-state index in [1.807, 2.05) is 84.9 Å². The molecule has 12 nitrogen and oxygen atoms in total. The molecule has 4 aromatic carbocycles. The number of aliphatic hydroxyl groups excluding tert-OH is 4. The standard InChI is InChI=1S/C47H50O12/c48-31(27-58-45(54)39-13-3-1-11-37(39)43(50)51)25-56-33-21-17-29(18-22-33)47(41-15-7-5-9-35(41)36-10-6-8-16-42(36)47)30-19-23-34(24-20-30)57-26-32(49)28-59-46(55)40-14-4-2-12-38(40)44(52)53/h1-10,15-24,31-32,37-40,43,46,48-51,55H,11-14,25-28H2,(H,52,53). The minimum atomic E-state index is -1.64. The van der Waals surface area contributed by atoms with Gasteiger partial charge in [-0.1, -0.05) is 97.1 Å². The molecule has 0 amide bonds. The van der Waals surface area contributed by atoms with Gasteiger partial charge >= 0.3 is 11.9 Å². The van der Waals surface area contributed by atoms with Gasteiger partial charge in [-0.15, -0.1) is 0 Å². The first-order valence-electron chi connectivity index (χ1n) is 19.9. The molecule has 4 aromatic rings. The largest absolute Gasteiger partial charge is 0.491 e.